The van der Waals surface area contributed by atoms with Gasteiger partial charge in [0.2, 0.25) is 11.8 Å². The van der Waals surface area contributed by atoms with Crippen molar-refractivity contribution in [2.45, 2.75) is 55.2 Å². The molecule has 0 aliphatic carbocycles. The number of nitrogens with zero attached hydrogens (tertiary/aromatic N) is 3. The van der Waals surface area contributed by atoms with Gasteiger partial charge in [0.1, 0.15) is 22.7 Å². The predicted octanol–water partition coefficient (Wildman–Crippen LogP) is -3.89. The van der Waals surface area contributed by atoms with Crippen LogP contribution in [-0.4, -0.2) is 85.6 Å². The number of rotatable bonds is 10. The first-order valence-corrected chi connectivity index (χ1v) is 15.9. The van der Waals surface area contributed by atoms with Crippen molar-refractivity contribution in [2.75, 3.05) is 16.8 Å². The van der Waals surface area contributed by atoms with Crippen molar-refractivity contribution in [3.8, 4) is 0 Å². The number of para-hydroxylation sites is 1. The van der Waals surface area contributed by atoms with Crippen LogP contribution < -0.4 is 69.7 Å². The second-order valence-electron chi connectivity index (χ2n) is 10.1. The molecule has 4 rings (SSSR count). The first-order valence-electron chi connectivity index (χ1n) is 12.3. The zero-order chi connectivity index (χ0) is 30.8. The average molecular weight is 690 g/mol. The molecule has 1 fully saturated rings. The molecule has 1 unspecified atom stereocenters. The number of carboxylic acids is 1. The Morgan fingerprint density at radius 1 is 1.23 bits per heavy atom. The number of benzene rings is 1. The number of fused-ring (bicyclic) bond motifs is 1. The third kappa shape index (κ3) is 10.2. The molecular formula is C24H29N5Na2O10S3. The van der Waals surface area contributed by atoms with Gasteiger partial charge in [-0.1, -0.05) is 30.0 Å². The number of ether oxygens (including phenoxy) is 1. The molecule has 230 valence electrons. The van der Waals surface area contributed by atoms with E-state index >= 15 is 0 Å². The second-order valence-corrected chi connectivity index (χ2v) is 13.6. The number of carboxylic acid groups (broad SMARTS) is 1. The van der Waals surface area contributed by atoms with Gasteiger partial charge in [0.25, 0.3) is 21.2 Å². The van der Waals surface area contributed by atoms with Crippen LogP contribution in [0.25, 0.3) is 0 Å². The fourth-order valence-corrected chi connectivity index (χ4v) is 6.76. The molecule has 4 N–H and O–H groups in total. The summed E-state index contributed by atoms with van der Waals surface area (Å²) in [7, 11) is -4.37. The van der Waals surface area contributed by atoms with Gasteiger partial charge >= 0.3 is 71.2 Å². The number of hydrogen-bond donors (Lipinski definition) is 4. The quantitative estimate of drug-likeness (QED) is 0.0812. The molecule has 3 heterocycles. The van der Waals surface area contributed by atoms with Crippen LogP contribution in [0.4, 0.5) is 10.5 Å². The number of aromatic nitrogens is 2. The van der Waals surface area contributed by atoms with Crippen molar-refractivity contribution in [3.63, 3.8) is 0 Å². The Hall–Kier alpha value is -1.61. The third-order valence-electron chi connectivity index (χ3n) is 5.69. The molecule has 15 nitrogen and oxygen atoms in total. The Balaban J connectivity index is 0.00000506. The number of aliphatic carboxylic acids is 1. The van der Waals surface area contributed by atoms with Gasteiger partial charge < -0.3 is 22.4 Å². The van der Waals surface area contributed by atoms with Crippen LogP contribution in [0.2, 0.25) is 0 Å². The van der Waals surface area contributed by atoms with E-state index in [0.717, 1.165) is 16.7 Å². The van der Waals surface area contributed by atoms with E-state index in [1.54, 1.807) is 45.0 Å². The standard InChI is InChI=1S/C24H27N5O10S3.2Na.2H/c1-24(2,3)39-22(34)25-14-7-5-4-6-12(14)8-15(30)26-17-19(31)29-18(21(32)33)13(9-40-20(17)29)10-41-23-28-27-16(38-23)11-42(35,36)37;;;;/h4-7,17,20H,8-11H2,1-3H3,(H,25,34)(H,26,30)(H,32,33)(H,35,36,37);;;;/q;2*+1;2*-1/t17?,20-;;;;/m1..../s1. The molecule has 3 amide bonds. The average Bonchev–Trinajstić information content (AvgIpc) is 3.30. The summed E-state index contributed by atoms with van der Waals surface area (Å²) in [6.07, 6.45) is -0.834. The van der Waals surface area contributed by atoms with Crippen LogP contribution >= 0.6 is 23.5 Å². The molecule has 1 aromatic heterocycles. The maximum Gasteiger partial charge on any atom is 1.00 e. The summed E-state index contributed by atoms with van der Waals surface area (Å²) in [5, 5.41) is 21.7. The Kier molecular flexibility index (Phi) is 13.8. The van der Waals surface area contributed by atoms with Gasteiger partial charge in [-0.25, -0.2) is 9.59 Å². The Bertz CT molecular complexity index is 1570. The summed E-state index contributed by atoms with van der Waals surface area (Å²) < 4.78 is 41.3. The fourth-order valence-electron chi connectivity index (χ4n) is 4.06. The molecule has 2 aliphatic rings. The minimum absolute atomic E-state index is 0. The normalized spacial score (nSPS) is 17.8. The molecule has 0 saturated carbocycles. The smallest absolute Gasteiger partial charge is 1.00 e. The van der Waals surface area contributed by atoms with Crippen molar-refractivity contribution in [2.24, 2.45) is 0 Å². The Morgan fingerprint density at radius 2 is 1.91 bits per heavy atom. The number of carbonyl (C=O) groups is 4. The molecule has 2 aliphatic heterocycles. The van der Waals surface area contributed by atoms with Gasteiger partial charge in [0.05, 0.1) is 6.42 Å². The Morgan fingerprint density at radius 3 is 2.55 bits per heavy atom. The third-order valence-corrected chi connectivity index (χ3v) is 8.55. The van der Waals surface area contributed by atoms with Crippen LogP contribution in [0.1, 0.15) is 35.1 Å². The van der Waals surface area contributed by atoms with Gasteiger partial charge in [0, 0.05) is 17.2 Å². The topological polar surface area (TPSA) is 218 Å². The van der Waals surface area contributed by atoms with E-state index in [0.29, 0.717) is 16.8 Å². The van der Waals surface area contributed by atoms with Crippen LogP contribution in [0, 0.1) is 0 Å². The van der Waals surface area contributed by atoms with E-state index in [9.17, 15) is 32.7 Å². The van der Waals surface area contributed by atoms with E-state index in [4.69, 9.17) is 13.7 Å². The van der Waals surface area contributed by atoms with Crippen LogP contribution in [0.3, 0.4) is 0 Å². The van der Waals surface area contributed by atoms with Crippen molar-refractivity contribution >= 4 is 63.2 Å². The van der Waals surface area contributed by atoms with Crippen LogP contribution in [0.15, 0.2) is 45.2 Å². The van der Waals surface area contributed by atoms with Gasteiger partial charge in [0.15, 0.2) is 5.75 Å². The van der Waals surface area contributed by atoms with Crippen LogP contribution in [-0.2, 0) is 41.4 Å². The molecule has 0 spiro atoms. The molecule has 1 saturated heterocycles. The van der Waals surface area contributed by atoms with Gasteiger partial charge in [-0.3, -0.25) is 24.4 Å². The summed E-state index contributed by atoms with van der Waals surface area (Å²) in [6, 6.07) is 5.71. The molecule has 1 aromatic carbocycles. The molecular weight excluding hydrogens is 660 g/mol. The zero-order valence-corrected chi connectivity index (χ0v) is 31.0. The maximum atomic E-state index is 13.0. The molecule has 0 bridgehead atoms. The Labute approximate surface area is 308 Å². The minimum Gasteiger partial charge on any atom is -1.00 e. The molecule has 2 atom stereocenters. The SMILES string of the molecule is CC(C)(C)OC(=O)Nc1ccccc1CC(=O)NC1C(=O)N2C(C(=O)O)=C(CSc3nnc(CS(=O)(=O)O)o3)CS[C@H]12.[H-].[H-].[Na+].[Na+]. The number of anilines is 1. The summed E-state index contributed by atoms with van der Waals surface area (Å²) in [6.45, 7) is 5.17. The molecule has 0 radical (unpaired) electrons. The van der Waals surface area contributed by atoms with Gasteiger partial charge in [-0.2, -0.15) is 8.42 Å². The van der Waals surface area contributed by atoms with Crippen molar-refractivity contribution in [1.82, 2.24) is 20.4 Å². The monoisotopic (exact) mass is 689 g/mol. The van der Waals surface area contributed by atoms with Crippen molar-refractivity contribution in [3.05, 3.63) is 47.0 Å². The summed E-state index contributed by atoms with van der Waals surface area (Å²) in [4.78, 5) is 51.3. The molecule has 20 heteroatoms. The fraction of sp³-hybridized carbons (Fsp3) is 0.417. The largest absolute Gasteiger partial charge is 1.00 e. The van der Waals surface area contributed by atoms with E-state index in [1.807, 2.05) is 0 Å². The molecule has 2 aromatic rings. The summed E-state index contributed by atoms with van der Waals surface area (Å²) in [5.41, 5.74) is 0.330. The maximum absolute atomic E-state index is 13.0. The number of thioether (sulfide) groups is 2. The second kappa shape index (κ2) is 15.8. The van der Waals surface area contributed by atoms with Crippen LogP contribution in [0.5, 0.6) is 0 Å². The molecule has 44 heavy (non-hydrogen) atoms. The number of nitrogens with one attached hydrogen (secondary N) is 2. The number of hydrogen-bond acceptors (Lipinski definition) is 12. The van der Waals surface area contributed by atoms with E-state index in [2.05, 4.69) is 20.8 Å². The number of β-lactam (4-membered cyclic amide) rings is 1. The number of carbonyl (C=O) groups excluding carboxylic acids is 3. The first kappa shape index (κ1) is 38.6. The first-order chi connectivity index (χ1) is 19.6. The summed E-state index contributed by atoms with van der Waals surface area (Å²) >= 11 is 2.22. The van der Waals surface area contributed by atoms with E-state index < -0.39 is 56.8 Å². The number of amides is 3. The minimum atomic E-state index is -4.37. The van der Waals surface area contributed by atoms with Gasteiger partial charge in [-0.05, 0) is 38.0 Å². The predicted molar refractivity (Wildman–Crippen MR) is 152 cm³/mol. The summed E-state index contributed by atoms with van der Waals surface area (Å²) in [5.74, 6) is -3.32. The van der Waals surface area contributed by atoms with Crippen molar-refractivity contribution in [1.29, 1.82) is 0 Å². The van der Waals surface area contributed by atoms with Crippen molar-refractivity contribution < 1.29 is 108 Å². The zero-order valence-electron chi connectivity index (χ0n) is 26.5. The van der Waals surface area contributed by atoms with Gasteiger partial charge in [-0.15, -0.1) is 22.0 Å². The van der Waals surface area contributed by atoms with E-state index in [1.165, 1.54) is 11.8 Å². The van der Waals surface area contributed by atoms with E-state index in [-0.39, 0.29) is 96.7 Å².